The van der Waals surface area contributed by atoms with Gasteiger partial charge in [-0.1, -0.05) is 12.1 Å². The highest BCUT2D eigenvalue weighted by Crippen LogP contribution is 2.18. The summed E-state index contributed by atoms with van der Waals surface area (Å²) in [4.78, 5) is 11.9. The number of aryl methyl sites for hydroxylation is 1. The second-order valence-corrected chi connectivity index (χ2v) is 4.84. The summed E-state index contributed by atoms with van der Waals surface area (Å²) in [6.07, 6.45) is -0.547. The van der Waals surface area contributed by atoms with Gasteiger partial charge in [0.25, 0.3) is 0 Å². The van der Waals surface area contributed by atoms with E-state index in [1.165, 1.54) is 18.2 Å². The van der Waals surface area contributed by atoms with Gasteiger partial charge in [0.15, 0.2) is 0 Å². The van der Waals surface area contributed by atoms with Gasteiger partial charge in [-0.2, -0.15) is 0 Å². The maximum absolute atomic E-state index is 13.0. The van der Waals surface area contributed by atoms with Gasteiger partial charge in [0.2, 0.25) is 0 Å². The summed E-state index contributed by atoms with van der Waals surface area (Å²) < 4.78 is 13.0. The van der Waals surface area contributed by atoms with Crippen LogP contribution in [-0.2, 0) is 0 Å². The number of aliphatic hydroxyl groups is 1. The summed E-state index contributed by atoms with van der Waals surface area (Å²) >= 11 is 0. The zero-order valence-electron chi connectivity index (χ0n) is 11.9. The van der Waals surface area contributed by atoms with Crippen LogP contribution in [0.5, 0.6) is 0 Å². The normalized spacial score (nSPS) is 11.8. The minimum atomic E-state index is -0.547. The molecule has 5 heteroatoms. The number of rotatable bonds is 3. The number of nitrogens with one attached hydrogen (secondary N) is 2. The molecule has 0 radical (unpaired) electrons. The molecule has 0 aliphatic carbocycles. The van der Waals surface area contributed by atoms with Crippen LogP contribution in [0.2, 0.25) is 0 Å². The van der Waals surface area contributed by atoms with E-state index in [2.05, 4.69) is 10.6 Å². The number of halogens is 1. The summed E-state index contributed by atoms with van der Waals surface area (Å²) in [7, 11) is 0. The summed E-state index contributed by atoms with van der Waals surface area (Å²) in [5, 5.41) is 14.7. The number of hydrogen-bond acceptors (Lipinski definition) is 2. The summed E-state index contributed by atoms with van der Waals surface area (Å²) in [5.74, 6) is -0.341. The Hall–Kier alpha value is -2.40. The highest BCUT2D eigenvalue weighted by atomic mass is 19.1. The predicted octanol–water partition coefficient (Wildman–Crippen LogP) is 3.83. The number of aliphatic hydroxyl groups excluding tert-OH is 1. The van der Waals surface area contributed by atoms with Gasteiger partial charge < -0.3 is 15.7 Å². The van der Waals surface area contributed by atoms with Crippen molar-refractivity contribution in [2.75, 3.05) is 10.6 Å². The quantitative estimate of drug-likeness (QED) is 0.803. The highest BCUT2D eigenvalue weighted by molar-refractivity contribution is 6.00. The number of carbonyl (C=O) groups is 1. The first kappa shape index (κ1) is 15.0. The van der Waals surface area contributed by atoms with Gasteiger partial charge in [-0.3, -0.25) is 0 Å². The van der Waals surface area contributed by atoms with E-state index in [1.54, 1.807) is 38.1 Å². The number of carbonyl (C=O) groups excluding carboxylic acids is 1. The lowest BCUT2D eigenvalue weighted by molar-refractivity contribution is 0.199. The number of benzene rings is 2. The van der Waals surface area contributed by atoms with Gasteiger partial charge in [-0.15, -0.1) is 0 Å². The molecule has 0 spiro atoms. The van der Waals surface area contributed by atoms with Gasteiger partial charge in [0, 0.05) is 11.4 Å². The summed E-state index contributed by atoms with van der Waals surface area (Å²) in [5.41, 5.74) is 2.58. The smallest absolute Gasteiger partial charge is 0.323 e. The van der Waals surface area contributed by atoms with E-state index in [9.17, 15) is 14.3 Å². The molecular weight excluding hydrogens is 271 g/mol. The number of anilines is 2. The first-order chi connectivity index (χ1) is 9.95. The van der Waals surface area contributed by atoms with Crippen molar-refractivity contribution in [3.8, 4) is 0 Å². The molecule has 0 aliphatic heterocycles. The Morgan fingerprint density at radius 1 is 1.14 bits per heavy atom. The van der Waals surface area contributed by atoms with Crippen LogP contribution in [0, 0.1) is 12.7 Å². The maximum Gasteiger partial charge on any atom is 0.323 e. The summed E-state index contributed by atoms with van der Waals surface area (Å²) in [6.45, 7) is 3.39. The number of hydrogen-bond donors (Lipinski definition) is 3. The fourth-order valence-corrected chi connectivity index (χ4v) is 1.90. The third-order valence-electron chi connectivity index (χ3n) is 3.09. The van der Waals surface area contributed by atoms with Crippen LogP contribution < -0.4 is 10.6 Å². The zero-order valence-corrected chi connectivity index (χ0v) is 11.9. The molecule has 2 amide bonds. The first-order valence-electron chi connectivity index (χ1n) is 6.58. The fourth-order valence-electron chi connectivity index (χ4n) is 1.90. The number of amides is 2. The van der Waals surface area contributed by atoms with Crippen molar-refractivity contribution >= 4 is 17.4 Å². The predicted molar refractivity (Wildman–Crippen MR) is 80.9 cm³/mol. The molecule has 110 valence electrons. The minimum Gasteiger partial charge on any atom is -0.389 e. The second-order valence-electron chi connectivity index (χ2n) is 4.84. The van der Waals surface area contributed by atoms with Crippen molar-refractivity contribution in [2.24, 2.45) is 0 Å². The highest BCUT2D eigenvalue weighted by Gasteiger charge is 2.06. The van der Waals surface area contributed by atoms with Gasteiger partial charge in [-0.25, -0.2) is 9.18 Å². The van der Waals surface area contributed by atoms with E-state index >= 15 is 0 Å². The Kier molecular flexibility index (Phi) is 4.55. The molecule has 4 nitrogen and oxygen atoms in total. The lowest BCUT2D eigenvalue weighted by Gasteiger charge is -2.11. The number of urea groups is 1. The molecule has 0 saturated heterocycles. The molecule has 0 aliphatic rings. The van der Waals surface area contributed by atoms with E-state index in [0.717, 1.165) is 5.56 Å². The molecule has 3 N–H and O–H groups in total. The van der Waals surface area contributed by atoms with Crippen LogP contribution >= 0.6 is 0 Å². The van der Waals surface area contributed by atoms with E-state index in [1.807, 2.05) is 0 Å². The van der Waals surface area contributed by atoms with E-state index < -0.39 is 12.1 Å². The van der Waals surface area contributed by atoms with Gasteiger partial charge in [-0.05, 0) is 55.3 Å². The molecule has 0 fully saturated rings. The third-order valence-corrected chi connectivity index (χ3v) is 3.09. The Morgan fingerprint density at radius 3 is 2.38 bits per heavy atom. The topological polar surface area (TPSA) is 61.4 Å². The molecule has 0 heterocycles. The van der Waals surface area contributed by atoms with Crippen LogP contribution in [-0.4, -0.2) is 11.1 Å². The van der Waals surface area contributed by atoms with Crippen molar-refractivity contribution in [1.29, 1.82) is 0 Å². The standard InChI is InChI=1S/C16H17FN2O2/c1-10-9-13(17)5-8-15(10)19-16(21)18-14-6-3-12(4-7-14)11(2)20/h3-9,11,20H,1-2H3,(H2,18,19,21). The monoisotopic (exact) mass is 288 g/mol. The molecule has 1 atom stereocenters. The SMILES string of the molecule is Cc1cc(F)ccc1NC(=O)Nc1ccc(C(C)O)cc1. The average Bonchev–Trinajstić information content (AvgIpc) is 2.42. The first-order valence-corrected chi connectivity index (χ1v) is 6.58. The van der Waals surface area contributed by atoms with Crippen molar-refractivity contribution in [1.82, 2.24) is 0 Å². The third kappa shape index (κ3) is 4.03. The van der Waals surface area contributed by atoms with Crippen LogP contribution in [0.25, 0.3) is 0 Å². The Morgan fingerprint density at radius 2 is 1.81 bits per heavy atom. The van der Waals surface area contributed by atoms with Crippen LogP contribution in [0.15, 0.2) is 42.5 Å². The Labute approximate surface area is 122 Å². The summed E-state index contributed by atoms with van der Waals surface area (Å²) in [6, 6.07) is 10.6. The van der Waals surface area contributed by atoms with E-state index in [0.29, 0.717) is 16.9 Å². The molecule has 21 heavy (non-hydrogen) atoms. The Balaban J connectivity index is 2.01. The molecule has 0 saturated carbocycles. The van der Waals surface area contributed by atoms with E-state index in [-0.39, 0.29) is 5.82 Å². The van der Waals surface area contributed by atoms with Crippen molar-refractivity contribution in [3.05, 3.63) is 59.4 Å². The van der Waals surface area contributed by atoms with Gasteiger partial charge in [0.05, 0.1) is 6.10 Å². The van der Waals surface area contributed by atoms with Crippen LogP contribution in [0.4, 0.5) is 20.6 Å². The van der Waals surface area contributed by atoms with Gasteiger partial charge in [0.1, 0.15) is 5.82 Å². The van der Waals surface area contributed by atoms with Gasteiger partial charge >= 0.3 is 6.03 Å². The Bertz CT molecular complexity index is 639. The van der Waals surface area contributed by atoms with Crippen LogP contribution in [0.3, 0.4) is 0 Å². The van der Waals surface area contributed by atoms with E-state index in [4.69, 9.17) is 0 Å². The lowest BCUT2D eigenvalue weighted by Crippen LogP contribution is -2.20. The largest absolute Gasteiger partial charge is 0.389 e. The fraction of sp³-hybridized carbons (Fsp3) is 0.188. The molecule has 1 unspecified atom stereocenters. The van der Waals surface area contributed by atoms with Crippen molar-refractivity contribution < 1.29 is 14.3 Å². The molecule has 2 rings (SSSR count). The molecule has 0 bridgehead atoms. The minimum absolute atomic E-state index is 0.341. The lowest BCUT2D eigenvalue weighted by atomic mass is 10.1. The molecular formula is C16H17FN2O2. The second kappa shape index (κ2) is 6.37. The maximum atomic E-state index is 13.0. The average molecular weight is 288 g/mol. The van der Waals surface area contributed by atoms with Crippen molar-refractivity contribution in [3.63, 3.8) is 0 Å². The molecule has 2 aromatic rings. The molecule has 0 aromatic heterocycles. The molecule has 2 aromatic carbocycles. The zero-order chi connectivity index (χ0) is 15.4. The van der Waals surface area contributed by atoms with Crippen molar-refractivity contribution in [2.45, 2.75) is 20.0 Å². The van der Waals surface area contributed by atoms with Crippen LogP contribution in [0.1, 0.15) is 24.2 Å².